The Labute approximate surface area is 66.7 Å². The maximum absolute atomic E-state index is 9.84. The molecule has 0 bridgehead atoms. The number of carbonyl (C=O) groups excluding carboxylic acids is 1. The van der Waals surface area contributed by atoms with Crippen LogP contribution in [0.5, 0.6) is 0 Å². The summed E-state index contributed by atoms with van der Waals surface area (Å²) < 4.78 is 13.1. The van der Waals surface area contributed by atoms with Crippen LogP contribution in [0.4, 0.5) is 0 Å². The van der Waals surface area contributed by atoms with E-state index in [1.165, 1.54) is 7.11 Å². The molecule has 0 unspecified atom stereocenters. The molecule has 4 heteroatoms. The van der Waals surface area contributed by atoms with Crippen molar-refractivity contribution in [3.63, 3.8) is 0 Å². The van der Waals surface area contributed by atoms with Crippen molar-refractivity contribution in [2.45, 2.75) is 0 Å². The van der Waals surface area contributed by atoms with Gasteiger partial charge in [-0.1, -0.05) is 6.58 Å². The van der Waals surface area contributed by atoms with Crippen LogP contribution in [0.3, 0.4) is 0 Å². The van der Waals surface area contributed by atoms with E-state index in [9.17, 15) is 4.79 Å². The van der Waals surface area contributed by atoms with Gasteiger partial charge in [-0.2, -0.15) is 0 Å². The molecule has 0 rings (SSSR count). The highest BCUT2D eigenvalue weighted by Gasteiger charge is 1.81. The third-order valence-corrected chi connectivity index (χ3v) is 0.604. The lowest BCUT2D eigenvalue weighted by Gasteiger charge is -1.87. The fourth-order valence-electron chi connectivity index (χ4n) is 0.201. The highest BCUT2D eigenvalue weighted by atomic mass is 16.6. The van der Waals surface area contributed by atoms with E-state index in [0.717, 1.165) is 6.08 Å². The molecule has 0 aromatic carbocycles. The summed E-state index contributed by atoms with van der Waals surface area (Å²) in [6.45, 7) is 3.55. The summed E-state index contributed by atoms with van der Waals surface area (Å²) in [5.74, 6) is -0.394. The number of methoxy groups -OCH3 is 3. The molecule has 66 valence electrons. The molecule has 0 atom stereocenters. The van der Waals surface area contributed by atoms with Crippen LogP contribution < -0.4 is 0 Å². The molecule has 0 aromatic rings. The molecule has 0 saturated heterocycles. The summed E-state index contributed by atoms with van der Waals surface area (Å²) in [4.78, 5) is 9.84. The number of carbonyl (C=O) groups is 1. The lowest BCUT2D eigenvalue weighted by atomic mass is 10.7. The van der Waals surface area contributed by atoms with Crippen LogP contribution in [0.2, 0.25) is 0 Å². The van der Waals surface area contributed by atoms with E-state index in [1.807, 2.05) is 0 Å². The van der Waals surface area contributed by atoms with Gasteiger partial charge in [-0.25, -0.2) is 4.79 Å². The molecular formula is C7H14O4. The zero-order valence-electron chi connectivity index (χ0n) is 7.12. The van der Waals surface area contributed by atoms with E-state index in [0.29, 0.717) is 6.79 Å². The van der Waals surface area contributed by atoms with Gasteiger partial charge in [0, 0.05) is 20.3 Å². The smallest absolute Gasteiger partial charge is 0.329 e. The molecule has 4 nitrogen and oxygen atoms in total. The fraction of sp³-hybridized carbons (Fsp3) is 0.571. The number of hydrogen-bond acceptors (Lipinski definition) is 4. The number of hydrogen-bond donors (Lipinski definition) is 0. The molecule has 0 aliphatic carbocycles. The number of ether oxygens (including phenoxy) is 3. The summed E-state index contributed by atoms with van der Waals surface area (Å²) >= 11 is 0. The topological polar surface area (TPSA) is 44.8 Å². The van der Waals surface area contributed by atoms with Crippen molar-refractivity contribution in [1.29, 1.82) is 0 Å². The summed E-state index contributed by atoms with van der Waals surface area (Å²) in [5.41, 5.74) is 0. The molecule has 0 saturated carbocycles. The molecule has 0 amide bonds. The van der Waals surface area contributed by atoms with Gasteiger partial charge >= 0.3 is 5.97 Å². The third kappa shape index (κ3) is 17.6. The minimum Gasteiger partial charge on any atom is -0.466 e. The summed E-state index contributed by atoms with van der Waals surface area (Å²) in [6.07, 6.45) is 1.11. The van der Waals surface area contributed by atoms with Crippen LogP contribution in [0.15, 0.2) is 12.7 Å². The second kappa shape index (κ2) is 11.9. The van der Waals surface area contributed by atoms with E-state index in [2.05, 4.69) is 20.8 Å². The fourth-order valence-corrected chi connectivity index (χ4v) is 0.201. The minimum absolute atomic E-state index is 0.389. The molecule has 0 aliphatic rings. The Kier molecular flexibility index (Phi) is 13.8. The molecule has 0 aliphatic heterocycles. The van der Waals surface area contributed by atoms with Gasteiger partial charge in [-0.05, 0) is 0 Å². The Bertz CT molecular complexity index is 98.6. The Hall–Kier alpha value is -0.870. The highest BCUT2D eigenvalue weighted by molar-refractivity contribution is 5.80. The first-order chi connectivity index (χ1) is 5.22. The van der Waals surface area contributed by atoms with E-state index >= 15 is 0 Å². The standard InChI is InChI=1S/C4H6O2.C3H8O2/c1-3-4(5)6-2;1-4-3-5-2/h3H,1H2,2H3;3H2,1-2H3. The molecule has 11 heavy (non-hydrogen) atoms. The molecule has 0 heterocycles. The first-order valence-electron chi connectivity index (χ1n) is 2.91. The lowest BCUT2D eigenvalue weighted by molar-refractivity contribution is -0.134. The van der Waals surface area contributed by atoms with Crippen molar-refractivity contribution < 1.29 is 19.0 Å². The van der Waals surface area contributed by atoms with E-state index < -0.39 is 5.97 Å². The van der Waals surface area contributed by atoms with Crippen LogP contribution in [0, 0.1) is 0 Å². The van der Waals surface area contributed by atoms with Crippen LogP contribution in [-0.4, -0.2) is 34.1 Å². The van der Waals surface area contributed by atoms with Gasteiger partial charge < -0.3 is 14.2 Å². The zero-order chi connectivity index (χ0) is 9.11. The van der Waals surface area contributed by atoms with E-state index in [-0.39, 0.29) is 0 Å². The average molecular weight is 162 g/mol. The molecule has 0 aromatic heterocycles. The van der Waals surface area contributed by atoms with Gasteiger partial charge in [0.25, 0.3) is 0 Å². The number of rotatable bonds is 3. The number of esters is 1. The monoisotopic (exact) mass is 162 g/mol. The van der Waals surface area contributed by atoms with Crippen molar-refractivity contribution in [2.75, 3.05) is 28.1 Å². The summed E-state index contributed by atoms with van der Waals surface area (Å²) in [6, 6.07) is 0. The Morgan fingerprint density at radius 1 is 1.36 bits per heavy atom. The van der Waals surface area contributed by atoms with Crippen molar-refractivity contribution in [1.82, 2.24) is 0 Å². The Morgan fingerprint density at radius 2 is 1.82 bits per heavy atom. The van der Waals surface area contributed by atoms with Crippen molar-refractivity contribution >= 4 is 5.97 Å². The van der Waals surface area contributed by atoms with Gasteiger partial charge in [-0.3, -0.25) is 0 Å². The molecule has 0 fully saturated rings. The normalized spacial score (nSPS) is 7.55. The van der Waals surface area contributed by atoms with Crippen LogP contribution in [0.1, 0.15) is 0 Å². The molecule has 0 spiro atoms. The molecule has 0 N–H and O–H groups in total. The van der Waals surface area contributed by atoms with Gasteiger partial charge in [0.2, 0.25) is 0 Å². The predicted molar refractivity (Wildman–Crippen MR) is 41.1 cm³/mol. The van der Waals surface area contributed by atoms with E-state index in [4.69, 9.17) is 0 Å². The third-order valence-electron chi connectivity index (χ3n) is 0.604. The average Bonchev–Trinajstić information content (AvgIpc) is 2.06. The second-order valence-corrected chi connectivity index (χ2v) is 1.42. The van der Waals surface area contributed by atoms with Crippen molar-refractivity contribution in [3.05, 3.63) is 12.7 Å². The zero-order valence-corrected chi connectivity index (χ0v) is 7.12. The van der Waals surface area contributed by atoms with Crippen molar-refractivity contribution in [2.24, 2.45) is 0 Å². The van der Waals surface area contributed by atoms with Crippen LogP contribution >= 0.6 is 0 Å². The minimum atomic E-state index is -0.394. The quantitative estimate of drug-likeness (QED) is 0.346. The first-order valence-corrected chi connectivity index (χ1v) is 2.91. The lowest BCUT2D eigenvalue weighted by Crippen LogP contribution is -1.91. The Balaban J connectivity index is 0. The molecular weight excluding hydrogens is 148 g/mol. The van der Waals surface area contributed by atoms with E-state index in [1.54, 1.807) is 14.2 Å². The summed E-state index contributed by atoms with van der Waals surface area (Å²) in [5, 5.41) is 0. The maximum Gasteiger partial charge on any atom is 0.329 e. The van der Waals surface area contributed by atoms with Gasteiger partial charge in [0.1, 0.15) is 6.79 Å². The predicted octanol–water partition coefficient (Wildman–Crippen LogP) is 0.582. The summed E-state index contributed by atoms with van der Waals surface area (Å²) in [7, 11) is 4.48. The Morgan fingerprint density at radius 3 is 1.82 bits per heavy atom. The highest BCUT2D eigenvalue weighted by Crippen LogP contribution is 1.67. The maximum atomic E-state index is 9.84. The molecule has 0 radical (unpaired) electrons. The van der Waals surface area contributed by atoms with Gasteiger partial charge in [0.05, 0.1) is 7.11 Å². The van der Waals surface area contributed by atoms with Gasteiger partial charge in [0.15, 0.2) is 0 Å². The van der Waals surface area contributed by atoms with Crippen molar-refractivity contribution in [3.8, 4) is 0 Å². The van der Waals surface area contributed by atoms with Crippen LogP contribution in [0.25, 0.3) is 0 Å². The van der Waals surface area contributed by atoms with Crippen LogP contribution in [-0.2, 0) is 19.0 Å². The SMILES string of the molecule is C=CC(=O)OC.COCOC. The largest absolute Gasteiger partial charge is 0.466 e. The van der Waals surface area contributed by atoms with Gasteiger partial charge in [-0.15, -0.1) is 0 Å². The second-order valence-electron chi connectivity index (χ2n) is 1.42. The first kappa shape index (κ1) is 12.8.